The Kier molecular flexibility index (Phi) is 3.66. The van der Waals surface area contributed by atoms with Crippen LogP contribution in [0, 0.1) is 6.92 Å². The maximum atomic E-state index is 11.1. The molecule has 0 atom stereocenters. The van der Waals surface area contributed by atoms with Crippen LogP contribution in [0.2, 0.25) is 0 Å². The number of ether oxygens (including phenoxy) is 2. The number of carbonyl (C=O) groups is 1. The van der Waals surface area contributed by atoms with E-state index in [0.717, 1.165) is 0 Å². The van der Waals surface area contributed by atoms with Crippen molar-refractivity contribution < 1.29 is 19.4 Å². The summed E-state index contributed by atoms with van der Waals surface area (Å²) in [7, 11) is 1.57. The first-order valence-electron chi connectivity index (χ1n) is 5.63. The second-order valence-corrected chi connectivity index (χ2v) is 3.89. The molecular formula is C14H13NO4. The van der Waals surface area contributed by atoms with Crippen molar-refractivity contribution in [1.82, 2.24) is 4.98 Å². The van der Waals surface area contributed by atoms with Gasteiger partial charge in [0.2, 0.25) is 5.88 Å². The fraction of sp³-hybridized carbons (Fsp3) is 0.143. The van der Waals surface area contributed by atoms with Crippen LogP contribution in [0.5, 0.6) is 17.4 Å². The Hall–Kier alpha value is -2.56. The van der Waals surface area contributed by atoms with Crippen LogP contribution >= 0.6 is 0 Å². The summed E-state index contributed by atoms with van der Waals surface area (Å²) in [6.07, 6.45) is 0. The lowest BCUT2D eigenvalue weighted by Gasteiger charge is -2.08. The number of pyridine rings is 1. The average molecular weight is 259 g/mol. The number of nitrogens with zero attached hydrogens (tertiary/aromatic N) is 1. The topological polar surface area (TPSA) is 68.7 Å². The van der Waals surface area contributed by atoms with Crippen LogP contribution in [-0.2, 0) is 0 Å². The Morgan fingerprint density at radius 3 is 2.32 bits per heavy atom. The molecule has 0 bridgehead atoms. The van der Waals surface area contributed by atoms with Crippen LogP contribution in [0.4, 0.5) is 0 Å². The third-order valence-electron chi connectivity index (χ3n) is 2.50. The highest BCUT2D eigenvalue weighted by molar-refractivity contribution is 5.90. The third-order valence-corrected chi connectivity index (χ3v) is 2.50. The van der Waals surface area contributed by atoms with E-state index in [-0.39, 0.29) is 11.4 Å². The zero-order valence-electron chi connectivity index (χ0n) is 10.6. The molecule has 98 valence electrons. The van der Waals surface area contributed by atoms with Crippen molar-refractivity contribution in [3.05, 3.63) is 47.7 Å². The molecule has 1 N–H and O–H groups in total. The first-order valence-corrected chi connectivity index (χ1v) is 5.63. The molecular weight excluding hydrogens is 246 g/mol. The molecule has 5 heteroatoms. The molecule has 0 aliphatic rings. The summed E-state index contributed by atoms with van der Waals surface area (Å²) in [5, 5.41) is 9.08. The molecule has 1 heterocycles. The third kappa shape index (κ3) is 3.01. The van der Waals surface area contributed by atoms with Crippen LogP contribution in [0.15, 0.2) is 36.4 Å². The zero-order valence-corrected chi connectivity index (χ0v) is 10.6. The molecule has 0 saturated carbocycles. The highest BCUT2D eigenvalue weighted by Crippen LogP contribution is 2.25. The predicted octanol–water partition coefficient (Wildman–Crippen LogP) is 2.89. The van der Waals surface area contributed by atoms with Gasteiger partial charge in [0.1, 0.15) is 17.1 Å². The molecule has 19 heavy (non-hydrogen) atoms. The van der Waals surface area contributed by atoms with Gasteiger partial charge in [-0.2, -0.15) is 0 Å². The van der Waals surface area contributed by atoms with E-state index < -0.39 is 5.97 Å². The number of benzene rings is 1. The van der Waals surface area contributed by atoms with Crippen molar-refractivity contribution in [3.8, 4) is 17.4 Å². The van der Waals surface area contributed by atoms with Gasteiger partial charge in [-0.3, -0.25) is 0 Å². The second-order valence-electron chi connectivity index (χ2n) is 3.89. The van der Waals surface area contributed by atoms with Gasteiger partial charge in [-0.15, -0.1) is 0 Å². The fourth-order valence-electron chi connectivity index (χ4n) is 1.53. The fourth-order valence-corrected chi connectivity index (χ4v) is 1.53. The van der Waals surface area contributed by atoms with Crippen LogP contribution in [0.3, 0.4) is 0 Å². The molecule has 0 unspecified atom stereocenters. The van der Waals surface area contributed by atoms with Crippen molar-refractivity contribution in [3.63, 3.8) is 0 Å². The molecule has 0 aliphatic heterocycles. The number of hydrogen-bond acceptors (Lipinski definition) is 4. The number of carboxylic acid groups (broad SMARTS) is 1. The molecule has 2 rings (SSSR count). The van der Waals surface area contributed by atoms with E-state index in [2.05, 4.69) is 4.98 Å². The molecule has 0 aliphatic carbocycles. The van der Waals surface area contributed by atoms with Crippen LogP contribution in [0.25, 0.3) is 0 Å². The van der Waals surface area contributed by atoms with Gasteiger partial charge < -0.3 is 14.6 Å². The van der Waals surface area contributed by atoms with Crippen molar-refractivity contribution in [2.24, 2.45) is 0 Å². The summed E-state index contributed by atoms with van der Waals surface area (Å²) >= 11 is 0. The van der Waals surface area contributed by atoms with Crippen LogP contribution in [-0.4, -0.2) is 23.2 Å². The summed E-state index contributed by atoms with van der Waals surface area (Å²) in [4.78, 5) is 15.2. The van der Waals surface area contributed by atoms with Gasteiger partial charge in [0.25, 0.3) is 0 Å². The van der Waals surface area contributed by atoms with E-state index in [9.17, 15) is 4.79 Å². The predicted molar refractivity (Wildman–Crippen MR) is 69.0 cm³/mol. The maximum absolute atomic E-state index is 11.1. The number of aromatic carboxylic acids is 1. The maximum Gasteiger partial charge on any atom is 0.341 e. The first kappa shape index (κ1) is 12.9. The largest absolute Gasteiger partial charge is 0.497 e. The quantitative estimate of drug-likeness (QED) is 0.914. The lowest BCUT2D eigenvalue weighted by Crippen LogP contribution is -2.02. The molecule has 0 amide bonds. The molecule has 5 nitrogen and oxygen atoms in total. The van der Waals surface area contributed by atoms with Gasteiger partial charge in [0.15, 0.2) is 0 Å². The molecule has 0 saturated heterocycles. The number of hydrogen-bond donors (Lipinski definition) is 1. The first-order chi connectivity index (χ1) is 9.10. The lowest BCUT2D eigenvalue weighted by atomic mass is 10.2. The number of carboxylic acids is 1. The smallest absolute Gasteiger partial charge is 0.341 e. The van der Waals surface area contributed by atoms with Gasteiger partial charge >= 0.3 is 5.97 Å². The number of methoxy groups -OCH3 is 1. The Labute approximate surface area is 110 Å². The summed E-state index contributed by atoms with van der Waals surface area (Å²) < 4.78 is 10.5. The second kappa shape index (κ2) is 5.39. The summed E-state index contributed by atoms with van der Waals surface area (Å²) in [6, 6.07) is 9.94. The van der Waals surface area contributed by atoms with Crippen molar-refractivity contribution >= 4 is 5.97 Å². The minimum Gasteiger partial charge on any atom is -0.497 e. The van der Waals surface area contributed by atoms with Gasteiger partial charge in [-0.1, -0.05) is 0 Å². The van der Waals surface area contributed by atoms with Crippen molar-refractivity contribution in [2.45, 2.75) is 6.92 Å². The Morgan fingerprint density at radius 2 is 1.74 bits per heavy atom. The molecule has 2 aromatic rings. The highest BCUT2D eigenvalue weighted by Gasteiger charge is 2.13. The summed E-state index contributed by atoms with van der Waals surface area (Å²) in [5.41, 5.74) is 0.718. The van der Waals surface area contributed by atoms with Crippen LogP contribution in [0.1, 0.15) is 16.1 Å². The molecule has 1 aromatic carbocycles. The van der Waals surface area contributed by atoms with Gasteiger partial charge in [-0.05, 0) is 43.3 Å². The number of aryl methyl sites for hydroxylation is 1. The standard InChI is InChI=1S/C14H13NO4/c1-9-3-8-12(14(16)17)13(15-9)19-11-6-4-10(18-2)5-7-11/h3-8H,1-2H3,(H,16,17). The Balaban J connectivity index is 2.31. The number of rotatable bonds is 4. The minimum atomic E-state index is -1.07. The van der Waals surface area contributed by atoms with E-state index in [4.69, 9.17) is 14.6 Å². The van der Waals surface area contributed by atoms with E-state index in [1.807, 2.05) is 0 Å². The van der Waals surface area contributed by atoms with Crippen molar-refractivity contribution in [1.29, 1.82) is 0 Å². The highest BCUT2D eigenvalue weighted by atomic mass is 16.5. The minimum absolute atomic E-state index is 0.0291. The molecule has 0 fully saturated rings. The molecule has 1 aromatic heterocycles. The Morgan fingerprint density at radius 1 is 1.11 bits per heavy atom. The normalized spacial score (nSPS) is 10.0. The van der Waals surface area contributed by atoms with Gasteiger partial charge in [0, 0.05) is 5.69 Å². The van der Waals surface area contributed by atoms with E-state index >= 15 is 0 Å². The van der Waals surface area contributed by atoms with Gasteiger partial charge in [0.05, 0.1) is 7.11 Å². The van der Waals surface area contributed by atoms with Crippen molar-refractivity contribution in [2.75, 3.05) is 7.11 Å². The molecule has 0 radical (unpaired) electrons. The van der Waals surface area contributed by atoms with E-state index in [1.165, 1.54) is 6.07 Å². The average Bonchev–Trinajstić information content (AvgIpc) is 2.39. The van der Waals surface area contributed by atoms with E-state index in [1.54, 1.807) is 44.4 Å². The monoisotopic (exact) mass is 259 g/mol. The SMILES string of the molecule is COc1ccc(Oc2nc(C)ccc2C(=O)O)cc1. The Bertz CT molecular complexity index is 593. The van der Waals surface area contributed by atoms with Gasteiger partial charge in [-0.25, -0.2) is 9.78 Å². The lowest BCUT2D eigenvalue weighted by molar-refractivity contribution is 0.0693. The molecule has 0 spiro atoms. The summed E-state index contributed by atoms with van der Waals surface area (Å²) in [5.74, 6) is 0.207. The van der Waals surface area contributed by atoms with E-state index in [0.29, 0.717) is 17.2 Å². The zero-order chi connectivity index (χ0) is 13.8. The van der Waals surface area contributed by atoms with Crippen LogP contribution < -0.4 is 9.47 Å². The number of aromatic nitrogens is 1. The summed E-state index contributed by atoms with van der Waals surface area (Å²) in [6.45, 7) is 1.77.